The van der Waals surface area contributed by atoms with Crippen molar-refractivity contribution in [2.45, 2.75) is 26.2 Å². The Kier molecular flexibility index (Phi) is 7.56. The van der Waals surface area contributed by atoms with Crippen molar-refractivity contribution in [3.8, 4) is 0 Å². The van der Waals surface area contributed by atoms with Crippen LogP contribution in [0.15, 0.2) is 28.7 Å². The van der Waals surface area contributed by atoms with Gasteiger partial charge in [0.05, 0.1) is 0 Å². The van der Waals surface area contributed by atoms with E-state index < -0.39 is 0 Å². The lowest BCUT2D eigenvalue weighted by atomic mass is 9.96. The van der Waals surface area contributed by atoms with E-state index in [1.54, 1.807) is 7.11 Å². The molecule has 0 saturated heterocycles. The predicted molar refractivity (Wildman–Crippen MR) is 81.1 cm³/mol. The van der Waals surface area contributed by atoms with Crippen LogP contribution in [0.5, 0.6) is 0 Å². The largest absolute Gasteiger partial charge is 0.385 e. The van der Waals surface area contributed by atoms with Crippen molar-refractivity contribution in [1.29, 1.82) is 0 Å². The molecule has 0 aliphatic carbocycles. The first-order chi connectivity index (χ1) is 8.63. The second-order valence-electron chi connectivity index (χ2n) is 5.09. The maximum atomic E-state index is 5.21. The number of hydrogen-bond acceptors (Lipinski definition) is 2. The fourth-order valence-electron chi connectivity index (χ4n) is 1.95. The van der Waals surface area contributed by atoms with Gasteiger partial charge in [-0.1, -0.05) is 41.9 Å². The molecule has 0 aromatic heterocycles. The number of rotatable bonds is 8. The van der Waals surface area contributed by atoms with Crippen molar-refractivity contribution in [3.05, 3.63) is 34.3 Å². The summed E-state index contributed by atoms with van der Waals surface area (Å²) >= 11 is 3.54. The monoisotopic (exact) mass is 313 g/mol. The zero-order chi connectivity index (χ0) is 13.4. The Morgan fingerprint density at radius 1 is 1.28 bits per heavy atom. The van der Waals surface area contributed by atoms with Crippen LogP contribution in [0.3, 0.4) is 0 Å². The van der Waals surface area contributed by atoms with E-state index in [2.05, 4.69) is 59.4 Å². The quantitative estimate of drug-likeness (QED) is 0.788. The molecule has 1 rings (SSSR count). The second kappa shape index (κ2) is 8.68. The van der Waals surface area contributed by atoms with Crippen molar-refractivity contribution < 1.29 is 4.74 Å². The van der Waals surface area contributed by atoms with E-state index in [1.807, 2.05) is 0 Å². The Morgan fingerprint density at radius 2 is 2.06 bits per heavy atom. The summed E-state index contributed by atoms with van der Waals surface area (Å²) in [5, 5.41) is 3.54. The smallest absolute Gasteiger partial charge is 0.0468 e. The number of halogens is 1. The van der Waals surface area contributed by atoms with Gasteiger partial charge in [0.25, 0.3) is 0 Å². The van der Waals surface area contributed by atoms with Crippen LogP contribution < -0.4 is 5.32 Å². The summed E-state index contributed by atoms with van der Waals surface area (Å²) in [6.07, 6.45) is 1.05. The number of methoxy groups -OCH3 is 1. The lowest BCUT2D eigenvalue weighted by Gasteiger charge is -2.19. The fourth-order valence-corrected chi connectivity index (χ4v) is 2.37. The Balaban J connectivity index is 2.59. The first kappa shape index (κ1) is 15.7. The zero-order valence-corrected chi connectivity index (χ0v) is 13.2. The minimum absolute atomic E-state index is 0.515. The molecule has 1 atom stereocenters. The van der Waals surface area contributed by atoms with E-state index >= 15 is 0 Å². The molecular formula is C15H24BrNO. The molecular weight excluding hydrogens is 290 g/mol. The molecule has 0 bridgehead atoms. The third kappa shape index (κ3) is 5.98. The number of ether oxygens (including phenoxy) is 1. The Morgan fingerprint density at radius 3 is 2.67 bits per heavy atom. The van der Waals surface area contributed by atoms with Crippen molar-refractivity contribution in [2.24, 2.45) is 5.92 Å². The molecule has 0 fully saturated rings. The average Bonchev–Trinajstić information content (AvgIpc) is 2.33. The van der Waals surface area contributed by atoms with Crippen molar-refractivity contribution in [3.63, 3.8) is 0 Å². The van der Waals surface area contributed by atoms with Gasteiger partial charge in [0.2, 0.25) is 0 Å². The van der Waals surface area contributed by atoms with Crippen LogP contribution in [0.2, 0.25) is 0 Å². The van der Waals surface area contributed by atoms with E-state index in [-0.39, 0.29) is 0 Å². The van der Waals surface area contributed by atoms with Gasteiger partial charge in [-0.15, -0.1) is 0 Å². The van der Waals surface area contributed by atoms with Gasteiger partial charge >= 0.3 is 0 Å². The standard InChI is InChI=1S/C15H24BrNO/c1-12(2)10-17-11-14(7-8-18-3)13-5-4-6-15(16)9-13/h4-6,9,12,14,17H,7-8,10-11H2,1-3H3. The summed E-state index contributed by atoms with van der Waals surface area (Å²) in [6.45, 7) is 7.35. The predicted octanol–water partition coefficient (Wildman–Crippen LogP) is 3.81. The Bertz CT molecular complexity index is 341. The lowest BCUT2D eigenvalue weighted by Crippen LogP contribution is -2.26. The second-order valence-corrected chi connectivity index (χ2v) is 6.00. The summed E-state index contributed by atoms with van der Waals surface area (Å²) in [4.78, 5) is 0. The van der Waals surface area contributed by atoms with Crippen LogP contribution in [0.4, 0.5) is 0 Å². The molecule has 1 N–H and O–H groups in total. The number of hydrogen-bond donors (Lipinski definition) is 1. The minimum Gasteiger partial charge on any atom is -0.385 e. The summed E-state index contributed by atoms with van der Waals surface area (Å²) < 4.78 is 6.36. The summed E-state index contributed by atoms with van der Waals surface area (Å²) in [6, 6.07) is 8.57. The van der Waals surface area contributed by atoms with E-state index in [4.69, 9.17) is 4.74 Å². The first-order valence-electron chi connectivity index (χ1n) is 6.58. The summed E-state index contributed by atoms with van der Waals surface area (Å²) in [5.41, 5.74) is 1.37. The Hall–Kier alpha value is -0.380. The lowest BCUT2D eigenvalue weighted by molar-refractivity contribution is 0.187. The van der Waals surface area contributed by atoms with Gasteiger partial charge in [0.1, 0.15) is 0 Å². The molecule has 1 aromatic carbocycles. The third-order valence-electron chi connectivity index (χ3n) is 2.93. The maximum absolute atomic E-state index is 5.21. The molecule has 102 valence electrons. The van der Waals surface area contributed by atoms with Gasteiger partial charge in [-0.05, 0) is 42.5 Å². The molecule has 1 aromatic rings. The molecule has 1 unspecified atom stereocenters. The normalized spacial score (nSPS) is 12.9. The van der Waals surface area contributed by atoms with Crippen LogP contribution in [0, 0.1) is 5.92 Å². The molecule has 0 saturated carbocycles. The van der Waals surface area contributed by atoms with Crippen molar-refractivity contribution in [1.82, 2.24) is 5.32 Å². The third-order valence-corrected chi connectivity index (χ3v) is 3.43. The van der Waals surface area contributed by atoms with Crippen LogP contribution in [-0.2, 0) is 4.74 Å². The first-order valence-corrected chi connectivity index (χ1v) is 7.38. The van der Waals surface area contributed by atoms with Gasteiger partial charge in [0, 0.05) is 24.7 Å². The SMILES string of the molecule is COCCC(CNCC(C)C)c1cccc(Br)c1. The molecule has 0 spiro atoms. The minimum atomic E-state index is 0.515. The Labute approximate surface area is 119 Å². The average molecular weight is 314 g/mol. The highest BCUT2D eigenvalue weighted by atomic mass is 79.9. The molecule has 0 aliphatic rings. The molecule has 3 heteroatoms. The summed E-state index contributed by atoms with van der Waals surface area (Å²) in [7, 11) is 1.76. The highest BCUT2D eigenvalue weighted by Crippen LogP contribution is 2.22. The number of benzene rings is 1. The summed E-state index contributed by atoms with van der Waals surface area (Å²) in [5.74, 6) is 1.21. The van der Waals surface area contributed by atoms with Gasteiger partial charge in [-0.25, -0.2) is 0 Å². The van der Waals surface area contributed by atoms with E-state index in [9.17, 15) is 0 Å². The number of nitrogens with one attached hydrogen (secondary N) is 1. The van der Waals surface area contributed by atoms with Crippen LogP contribution in [0.1, 0.15) is 31.7 Å². The van der Waals surface area contributed by atoms with E-state index in [1.165, 1.54) is 5.56 Å². The molecule has 18 heavy (non-hydrogen) atoms. The zero-order valence-electron chi connectivity index (χ0n) is 11.6. The topological polar surface area (TPSA) is 21.3 Å². The van der Waals surface area contributed by atoms with E-state index in [0.29, 0.717) is 11.8 Å². The molecule has 2 nitrogen and oxygen atoms in total. The molecule has 0 heterocycles. The van der Waals surface area contributed by atoms with Crippen LogP contribution >= 0.6 is 15.9 Å². The van der Waals surface area contributed by atoms with Crippen molar-refractivity contribution in [2.75, 3.05) is 26.8 Å². The van der Waals surface area contributed by atoms with Crippen LogP contribution in [-0.4, -0.2) is 26.8 Å². The highest BCUT2D eigenvalue weighted by molar-refractivity contribution is 9.10. The molecule has 0 aliphatic heterocycles. The highest BCUT2D eigenvalue weighted by Gasteiger charge is 2.11. The van der Waals surface area contributed by atoms with Gasteiger partial charge < -0.3 is 10.1 Å². The van der Waals surface area contributed by atoms with Crippen LogP contribution in [0.25, 0.3) is 0 Å². The van der Waals surface area contributed by atoms with Crippen molar-refractivity contribution >= 4 is 15.9 Å². The van der Waals surface area contributed by atoms with Gasteiger partial charge in [-0.3, -0.25) is 0 Å². The fraction of sp³-hybridized carbons (Fsp3) is 0.600. The molecule has 0 amide bonds. The van der Waals surface area contributed by atoms with E-state index in [0.717, 1.165) is 30.6 Å². The van der Waals surface area contributed by atoms with Gasteiger partial charge in [-0.2, -0.15) is 0 Å². The van der Waals surface area contributed by atoms with Gasteiger partial charge in [0.15, 0.2) is 0 Å². The maximum Gasteiger partial charge on any atom is 0.0468 e. The molecule has 0 radical (unpaired) electrons.